The van der Waals surface area contributed by atoms with Gasteiger partial charge in [-0.3, -0.25) is 0 Å². The van der Waals surface area contributed by atoms with Crippen LogP contribution < -0.4 is 5.32 Å². The van der Waals surface area contributed by atoms with Gasteiger partial charge in [-0.25, -0.2) is 4.79 Å². The van der Waals surface area contributed by atoms with Gasteiger partial charge in [-0.1, -0.05) is 43.4 Å². The predicted octanol–water partition coefficient (Wildman–Crippen LogP) is 2.07. The number of halogens is 1. The third kappa shape index (κ3) is 4.79. The molecule has 0 spiro atoms. The lowest BCUT2D eigenvalue weighted by Crippen LogP contribution is -2.41. The van der Waals surface area contributed by atoms with E-state index in [0.717, 1.165) is 11.1 Å². The molecule has 0 aromatic rings. The molecule has 0 saturated heterocycles. The number of hydrogen-bond donors (Lipinski definition) is 1. The second-order valence-electron chi connectivity index (χ2n) is 3.93. The Labute approximate surface area is 88.0 Å². The monoisotopic (exact) mass is 284 g/mol. The molecule has 0 aliphatic heterocycles. The first-order valence-electron chi connectivity index (χ1n) is 3.93. The van der Waals surface area contributed by atoms with Gasteiger partial charge in [0.15, 0.2) is 0 Å². The number of carbonyl (C=O) groups is 1. The smallest absolute Gasteiger partial charge is 0.317 e. The SMILES string of the molecule is CNC(=O)N(CI)CC(C)(C)C. The lowest BCUT2D eigenvalue weighted by atomic mass is 9.96. The van der Waals surface area contributed by atoms with E-state index in [1.54, 1.807) is 11.9 Å². The summed E-state index contributed by atoms with van der Waals surface area (Å²) in [5.74, 6) is 0. The van der Waals surface area contributed by atoms with Crippen LogP contribution in [0.15, 0.2) is 0 Å². The number of rotatable bonds is 2. The van der Waals surface area contributed by atoms with Gasteiger partial charge in [-0.15, -0.1) is 0 Å². The number of urea groups is 1. The minimum Gasteiger partial charge on any atom is -0.341 e. The van der Waals surface area contributed by atoms with Crippen LogP contribution in [0.5, 0.6) is 0 Å². The Morgan fingerprint density at radius 3 is 2.25 bits per heavy atom. The molecule has 0 bridgehead atoms. The lowest BCUT2D eigenvalue weighted by molar-refractivity contribution is 0.189. The number of amides is 2. The van der Waals surface area contributed by atoms with Gasteiger partial charge < -0.3 is 10.2 Å². The first-order valence-corrected chi connectivity index (χ1v) is 5.46. The van der Waals surface area contributed by atoms with Crippen LogP contribution in [-0.2, 0) is 0 Å². The van der Waals surface area contributed by atoms with E-state index in [1.165, 1.54) is 0 Å². The normalized spacial score (nSPS) is 11.1. The fourth-order valence-electron chi connectivity index (χ4n) is 0.899. The highest BCUT2D eigenvalue weighted by molar-refractivity contribution is 14.1. The Hall–Kier alpha value is 0. The standard InChI is InChI=1S/C8H17IN2O/c1-8(2,3)5-11(6-9)7(12)10-4/h5-6H2,1-4H3,(H,10,12). The molecule has 0 radical (unpaired) electrons. The van der Waals surface area contributed by atoms with Crippen LogP contribution in [0, 0.1) is 5.41 Å². The minimum atomic E-state index is -0.000625. The zero-order valence-corrected chi connectivity index (χ0v) is 10.3. The summed E-state index contributed by atoms with van der Waals surface area (Å²) in [6.45, 7) is 7.15. The van der Waals surface area contributed by atoms with Crippen molar-refractivity contribution in [3.05, 3.63) is 0 Å². The third-order valence-corrected chi connectivity index (χ3v) is 2.13. The molecule has 0 aliphatic rings. The topological polar surface area (TPSA) is 32.3 Å². The van der Waals surface area contributed by atoms with Crippen LogP contribution in [0.25, 0.3) is 0 Å². The molecular formula is C8H17IN2O. The van der Waals surface area contributed by atoms with Gasteiger partial charge in [0.25, 0.3) is 0 Å². The molecule has 1 N–H and O–H groups in total. The average molecular weight is 284 g/mol. The molecule has 0 fully saturated rings. The van der Waals surface area contributed by atoms with Crippen molar-refractivity contribution in [2.75, 3.05) is 18.1 Å². The fourth-order valence-corrected chi connectivity index (χ4v) is 1.45. The first-order chi connectivity index (χ1) is 5.40. The van der Waals surface area contributed by atoms with Crippen molar-refractivity contribution in [3.63, 3.8) is 0 Å². The Morgan fingerprint density at radius 1 is 1.50 bits per heavy atom. The van der Waals surface area contributed by atoms with E-state index < -0.39 is 0 Å². The van der Waals surface area contributed by atoms with Crippen molar-refractivity contribution in [1.29, 1.82) is 0 Å². The zero-order valence-electron chi connectivity index (χ0n) is 8.15. The Kier molecular flexibility index (Phi) is 4.89. The maximum Gasteiger partial charge on any atom is 0.317 e. The number of hydrogen-bond acceptors (Lipinski definition) is 1. The summed E-state index contributed by atoms with van der Waals surface area (Å²) in [7, 11) is 1.66. The summed E-state index contributed by atoms with van der Waals surface area (Å²) in [6, 6.07) is -0.000625. The van der Waals surface area contributed by atoms with Crippen molar-refractivity contribution in [2.45, 2.75) is 20.8 Å². The average Bonchev–Trinajstić information content (AvgIpc) is 1.97. The molecule has 72 valence electrons. The Bertz CT molecular complexity index is 154. The molecule has 0 aromatic carbocycles. The first kappa shape index (κ1) is 12.0. The molecule has 2 amide bonds. The molecule has 0 aliphatic carbocycles. The van der Waals surface area contributed by atoms with Crippen molar-refractivity contribution >= 4 is 28.6 Å². The van der Waals surface area contributed by atoms with Gasteiger partial charge in [-0.2, -0.15) is 0 Å². The highest BCUT2D eigenvalue weighted by Gasteiger charge is 2.18. The number of nitrogens with zero attached hydrogens (tertiary/aromatic N) is 1. The van der Waals surface area contributed by atoms with Gasteiger partial charge in [-0.05, 0) is 5.41 Å². The van der Waals surface area contributed by atoms with E-state index in [4.69, 9.17) is 0 Å². The largest absolute Gasteiger partial charge is 0.341 e. The number of alkyl halides is 1. The lowest BCUT2D eigenvalue weighted by Gasteiger charge is -2.27. The van der Waals surface area contributed by atoms with Crippen LogP contribution in [0.2, 0.25) is 0 Å². The van der Waals surface area contributed by atoms with Crippen LogP contribution >= 0.6 is 22.6 Å². The molecule has 3 nitrogen and oxygen atoms in total. The second-order valence-corrected chi connectivity index (χ2v) is 4.62. The molecule has 0 unspecified atom stereocenters. The van der Waals surface area contributed by atoms with Crippen molar-refractivity contribution in [1.82, 2.24) is 10.2 Å². The quantitative estimate of drug-likeness (QED) is 0.470. The molecule has 0 rings (SSSR count). The Balaban J connectivity index is 4.09. The second kappa shape index (κ2) is 4.89. The van der Waals surface area contributed by atoms with Gasteiger partial charge in [0.05, 0.1) is 4.55 Å². The van der Waals surface area contributed by atoms with E-state index in [1.807, 2.05) is 0 Å². The summed E-state index contributed by atoms with van der Waals surface area (Å²) in [5, 5.41) is 2.62. The summed E-state index contributed by atoms with van der Waals surface area (Å²) >= 11 is 2.19. The highest BCUT2D eigenvalue weighted by Crippen LogP contribution is 2.15. The van der Waals surface area contributed by atoms with E-state index in [9.17, 15) is 4.79 Å². The van der Waals surface area contributed by atoms with Gasteiger partial charge in [0.2, 0.25) is 0 Å². The van der Waals surface area contributed by atoms with Crippen molar-refractivity contribution < 1.29 is 4.79 Å². The molecule has 4 heteroatoms. The molecule has 0 saturated carbocycles. The summed E-state index contributed by atoms with van der Waals surface area (Å²) in [4.78, 5) is 13.0. The highest BCUT2D eigenvalue weighted by atomic mass is 127. The maximum absolute atomic E-state index is 11.2. The molecule has 0 atom stereocenters. The van der Waals surface area contributed by atoms with Crippen LogP contribution in [0.4, 0.5) is 4.79 Å². The summed E-state index contributed by atoms with van der Waals surface area (Å²) in [6.07, 6.45) is 0. The number of carbonyl (C=O) groups excluding carboxylic acids is 1. The van der Waals surface area contributed by atoms with Gasteiger partial charge in [0, 0.05) is 13.6 Å². The van der Waals surface area contributed by atoms with Crippen molar-refractivity contribution in [2.24, 2.45) is 5.41 Å². The molecule has 0 aromatic heterocycles. The summed E-state index contributed by atoms with van der Waals surface area (Å²) in [5.41, 5.74) is 0.164. The van der Waals surface area contributed by atoms with Crippen LogP contribution in [0.1, 0.15) is 20.8 Å². The fraction of sp³-hybridized carbons (Fsp3) is 0.875. The van der Waals surface area contributed by atoms with Crippen LogP contribution in [0.3, 0.4) is 0 Å². The number of nitrogens with one attached hydrogen (secondary N) is 1. The van der Waals surface area contributed by atoms with Crippen molar-refractivity contribution in [3.8, 4) is 0 Å². The zero-order chi connectivity index (χ0) is 9.78. The molecular weight excluding hydrogens is 267 g/mol. The maximum atomic E-state index is 11.2. The van der Waals surface area contributed by atoms with E-state index in [2.05, 4.69) is 48.7 Å². The third-order valence-electron chi connectivity index (χ3n) is 1.31. The minimum absolute atomic E-state index is 0.000625. The predicted molar refractivity (Wildman–Crippen MR) is 59.5 cm³/mol. The summed E-state index contributed by atoms with van der Waals surface area (Å²) < 4.78 is 0.731. The molecule has 0 heterocycles. The van der Waals surface area contributed by atoms with E-state index in [0.29, 0.717) is 0 Å². The van der Waals surface area contributed by atoms with E-state index >= 15 is 0 Å². The Morgan fingerprint density at radius 2 is 2.00 bits per heavy atom. The molecule has 12 heavy (non-hydrogen) atoms. The van der Waals surface area contributed by atoms with E-state index in [-0.39, 0.29) is 11.4 Å². The van der Waals surface area contributed by atoms with Gasteiger partial charge in [0.1, 0.15) is 0 Å². The van der Waals surface area contributed by atoms with Crippen LogP contribution in [-0.4, -0.2) is 29.1 Å². The van der Waals surface area contributed by atoms with Gasteiger partial charge >= 0.3 is 6.03 Å².